The molecule has 3 nitrogen and oxygen atoms in total. The van der Waals surface area contributed by atoms with Gasteiger partial charge in [-0.15, -0.1) is 0 Å². The molecule has 4 aromatic carbocycles. The van der Waals surface area contributed by atoms with E-state index < -0.39 is 0 Å². The first kappa shape index (κ1) is 19.3. The van der Waals surface area contributed by atoms with Crippen molar-refractivity contribution in [3.8, 4) is 22.3 Å². The second-order valence-corrected chi connectivity index (χ2v) is 7.92. The number of rotatable bonds is 5. The maximum absolute atomic E-state index is 13.3. The highest BCUT2D eigenvalue weighted by Crippen LogP contribution is 2.42. The van der Waals surface area contributed by atoms with E-state index in [-0.39, 0.29) is 11.8 Å². The SMILES string of the molecule is CCCCN1C(=O)c2ccc(-c3ccccc3)c3c(-c4ccccc4)ccc(c23)C1=O. The summed E-state index contributed by atoms with van der Waals surface area (Å²) in [4.78, 5) is 28.0. The van der Waals surface area contributed by atoms with E-state index in [4.69, 9.17) is 0 Å². The van der Waals surface area contributed by atoms with E-state index in [1.165, 1.54) is 4.90 Å². The van der Waals surface area contributed by atoms with Crippen molar-refractivity contribution in [2.45, 2.75) is 19.8 Å². The van der Waals surface area contributed by atoms with Gasteiger partial charge in [0.2, 0.25) is 0 Å². The molecule has 1 aliphatic heterocycles. The van der Waals surface area contributed by atoms with Gasteiger partial charge in [-0.25, -0.2) is 0 Å². The molecule has 0 fully saturated rings. The molecule has 0 bridgehead atoms. The van der Waals surface area contributed by atoms with Gasteiger partial charge in [0.05, 0.1) is 0 Å². The molecule has 152 valence electrons. The maximum Gasteiger partial charge on any atom is 0.261 e. The van der Waals surface area contributed by atoms with Gasteiger partial charge in [-0.05, 0) is 46.2 Å². The molecule has 0 aliphatic carbocycles. The van der Waals surface area contributed by atoms with Gasteiger partial charge in [0.25, 0.3) is 11.8 Å². The highest BCUT2D eigenvalue weighted by atomic mass is 16.2. The van der Waals surface area contributed by atoms with Crippen LogP contribution >= 0.6 is 0 Å². The largest absolute Gasteiger partial charge is 0.274 e. The third kappa shape index (κ3) is 3.14. The minimum absolute atomic E-state index is 0.194. The van der Waals surface area contributed by atoms with Crippen LogP contribution in [-0.4, -0.2) is 23.3 Å². The second kappa shape index (κ2) is 7.84. The van der Waals surface area contributed by atoms with Crippen LogP contribution in [0.2, 0.25) is 0 Å². The van der Waals surface area contributed by atoms with Crippen molar-refractivity contribution in [3.63, 3.8) is 0 Å². The highest BCUT2D eigenvalue weighted by Gasteiger charge is 2.33. The van der Waals surface area contributed by atoms with E-state index >= 15 is 0 Å². The summed E-state index contributed by atoms with van der Waals surface area (Å²) in [5, 5.41) is 1.73. The summed E-state index contributed by atoms with van der Waals surface area (Å²) in [6.45, 7) is 2.52. The normalized spacial score (nSPS) is 13.1. The number of carbonyl (C=O) groups excluding carboxylic acids is 2. The fourth-order valence-electron chi connectivity index (χ4n) is 4.47. The topological polar surface area (TPSA) is 37.4 Å². The van der Waals surface area contributed by atoms with Gasteiger partial charge in [-0.2, -0.15) is 0 Å². The van der Waals surface area contributed by atoms with Gasteiger partial charge in [0.15, 0.2) is 0 Å². The second-order valence-electron chi connectivity index (χ2n) is 7.92. The molecule has 0 saturated heterocycles. The Bertz CT molecular complexity index is 1200. The molecular weight excluding hydrogens is 382 g/mol. The Hall–Kier alpha value is -3.72. The predicted octanol–water partition coefficient (Wildman–Crippen LogP) is 6.57. The standard InChI is InChI=1S/C28H23NO2/c1-2-3-18-29-27(30)23-16-14-21(19-10-6-4-7-11-19)25-22(20-12-8-5-9-13-20)15-17-24(26(23)25)28(29)31/h4-17H,2-3,18H2,1H3. The first-order valence-corrected chi connectivity index (χ1v) is 10.8. The molecule has 3 heteroatoms. The van der Waals surface area contributed by atoms with Crippen molar-refractivity contribution in [1.82, 2.24) is 4.90 Å². The monoisotopic (exact) mass is 405 g/mol. The maximum atomic E-state index is 13.3. The smallest absolute Gasteiger partial charge is 0.261 e. The van der Waals surface area contributed by atoms with Crippen molar-refractivity contribution in [2.75, 3.05) is 6.54 Å². The summed E-state index contributed by atoms with van der Waals surface area (Å²) in [6.07, 6.45) is 1.74. The average Bonchev–Trinajstić information content (AvgIpc) is 2.83. The van der Waals surface area contributed by atoms with Gasteiger partial charge < -0.3 is 0 Å². The van der Waals surface area contributed by atoms with Gasteiger partial charge in [0, 0.05) is 23.1 Å². The fourth-order valence-corrected chi connectivity index (χ4v) is 4.47. The number of hydrogen-bond acceptors (Lipinski definition) is 2. The van der Waals surface area contributed by atoms with E-state index in [0.29, 0.717) is 17.7 Å². The Kier molecular flexibility index (Phi) is 4.87. The average molecular weight is 405 g/mol. The molecular formula is C28H23NO2. The summed E-state index contributed by atoms with van der Waals surface area (Å²) < 4.78 is 0. The molecule has 0 saturated carbocycles. The molecule has 0 N–H and O–H groups in total. The molecule has 2 amide bonds. The van der Waals surface area contributed by atoms with Crippen LogP contribution in [0.1, 0.15) is 40.5 Å². The van der Waals surface area contributed by atoms with Crippen LogP contribution < -0.4 is 0 Å². The quantitative estimate of drug-likeness (QED) is 0.352. The summed E-state index contributed by atoms with van der Waals surface area (Å²) in [6, 6.07) is 28.1. The van der Waals surface area contributed by atoms with E-state index in [9.17, 15) is 9.59 Å². The van der Waals surface area contributed by atoms with Crippen LogP contribution in [0.5, 0.6) is 0 Å². The third-order valence-electron chi connectivity index (χ3n) is 6.02. The molecule has 0 radical (unpaired) electrons. The van der Waals surface area contributed by atoms with Gasteiger partial charge in [-0.3, -0.25) is 14.5 Å². The summed E-state index contributed by atoms with van der Waals surface area (Å²) in [5.41, 5.74) is 5.41. The minimum atomic E-state index is -0.194. The Morgan fingerprint density at radius 3 is 1.45 bits per heavy atom. The lowest BCUT2D eigenvalue weighted by atomic mass is 9.84. The van der Waals surface area contributed by atoms with Crippen molar-refractivity contribution in [1.29, 1.82) is 0 Å². The van der Waals surface area contributed by atoms with E-state index in [1.807, 2.05) is 60.7 Å². The molecule has 0 spiro atoms. The zero-order valence-electron chi connectivity index (χ0n) is 17.5. The number of imide groups is 1. The minimum Gasteiger partial charge on any atom is -0.274 e. The number of benzene rings is 4. The zero-order chi connectivity index (χ0) is 21.4. The molecule has 31 heavy (non-hydrogen) atoms. The Morgan fingerprint density at radius 2 is 1.00 bits per heavy atom. The van der Waals surface area contributed by atoms with E-state index in [2.05, 4.69) is 31.2 Å². The summed E-state index contributed by atoms with van der Waals surface area (Å²) in [7, 11) is 0. The number of amides is 2. The van der Waals surface area contributed by atoms with Gasteiger partial charge in [-0.1, -0.05) is 86.1 Å². The molecule has 1 aliphatic rings. The van der Waals surface area contributed by atoms with Crippen molar-refractivity contribution in [2.24, 2.45) is 0 Å². The number of unbranched alkanes of at least 4 members (excludes halogenated alkanes) is 1. The Labute approximate surface area is 181 Å². The lowest BCUT2D eigenvalue weighted by molar-refractivity contribution is 0.0608. The molecule has 1 heterocycles. The van der Waals surface area contributed by atoms with Gasteiger partial charge in [0.1, 0.15) is 0 Å². The van der Waals surface area contributed by atoms with Crippen LogP contribution in [0.15, 0.2) is 84.9 Å². The number of nitrogens with zero attached hydrogens (tertiary/aromatic N) is 1. The molecule has 0 unspecified atom stereocenters. The third-order valence-corrected chi connectivity index (χ3v) is 6.02. The Balaban J connectivity index is 1.84. The molecule has 5 rings (SSSR count). The first-order chi connectivity index (χ1) is 15.2. The summed E-state index contributed by atoms with van der Waals surface area (Å²) in [5.74, 6) is -0.387. The fraction of sp³-hybridized carbons (Fsp3) is 0.143. The lowest BCUT2D eigenvalue weighted by Crippen LogP contribution is -2.40. The summed E-state index contributed by atoms with van der Waals surface area (Å²) >= 11 is 0. The van der Waals surface area contributed by atoms with Gasteiger partial charge >= 0.3 is 0 Å². The zero-order valence-corrected chi connectivity index (χ0v) is 17.5. The molecule has 0 aromatic heterocycles. The Morgan fingerprint density at radius 1 is 0.581 bits per heavy atom. The van der Waals surface area contributed by atoms with E-state index in [0.717, 1.165) is 45.9 Å². The van der Waals surface area contributed by atoms with Crippen molar-refractivity contribution < 1.29 is 9.59 Å². The van der Waals surface area contributed by atoms with Crippen LogP contribution in [-0.2, 0) is 0 Å². The van der Waals surface area contributed by atoms with E-state index in [1.54, 1.807) is 0 Å². The first-order valence-electron chi connectivity index (χ1n) is 10.8. The molecule has 4 aromatic rings. The van der Waals surface area contributed by atoms with Crippen LogP contribution in [0, 0.1) is 0 Å². The lowest BCUT2D eigenvalue weighted by Gasteiger charge is -2.28. The molecule has 0 atom stereocenters. The number of hydrogen-bond donors (Lipinski definition) is 0. The van der Waals surface area contributed by atoms with Crippen LogP contribution in [0.4, 0.5) is 0 Å². The van der Waals surface area contributed by atoms with Crippen molar-refractivity contribution >= 4 is 22.6 Å². The predicted molar refractivity (Wildman–Crippen MR) is 125 cm³/mol. The van der Waals surface area contributed by atoms with Crippen LogP contribution in [0.25, 0.3) is 33.0 Å². The highest BCUT2D eigenvalue weighted by molar-refractivity contribution is 6.28. The van der Waals surface area contributed by atoms with Crippen LogP contribution in [0.3, 0.4) is 0 Å². The van der Waals surface area contributed by atoms with Crippen molar-refractivity contribution in [3.05, 3.63) is 96.1 Å². The number of carbonyl (C=O) groups is 2.